The van der Waals surface area contributed by atoms with Crippen molar-refractivity contribution in [1.29, 1.82) is 5.26 Å². The summed E-state index contributed by atoms with van der Waals surface area (Å²) in [5.41, 5.74) is 1.30. The van der Waals surface area contributed by atoms with Gasteiger partial charge in [0.1, 0.15) is 5.82 Å². The number of piperazine rings is 1. The van der Waals surface area contributed by atoms with E-state index in [1.165, 1.54) is 0 Å². The molecule has 0 aliphatic carbocycles. The molecule has 1 amide bonds. The molecule has 0 radical (unpaired) electrons. The van der Waals surface area contributed by atoms with E-state index in [-0.39, 0.29) is 5.91 Å². The van der Waals surface area contributed by atoms with Gasteiger partial charge in [0.15, 0.2) is 0 Å². The topological polar surface area (TPSA) is 60.2 Å². The minimum Gasteiger partial charge on any atom is -0.353 e. The van der Waals surface area contributed by atoms with Gasteiger partial charge >= 0.3 is 0 Å². The summed E-state index contributed by atoms with van der Waals surface area (Å²) in [5, 5.41) is 8.97. The number of hydrogen-bond acceptors (Lipinski definition) is 4. The molecule has 1 aromatic carbocycles. The second kappa shape index (κ2) is 6.80. The Bertz CT molecular complexity index is 746. The van der Waals surface area contributed by atoms with Gasteiger partial charge in [-0.15, -0.1) is 0 Å². The van der Waals surface area contributed by atoms with Gasteiger partial charge in [0.2, 0.25) is 0 Å². The zero-order valence-electron chi connectivity index (χ0n) is 12.4. The van der Waals surface area contributed by atoms with E-state index in [0.717, 1.165) is 10.3 Å². The number of nitrogens with zero attached hydrogens (tertiary/aromatic N) is 4. The Kier molecular flexibility index (Phi) is 4.58. The van der Waals surface area contributed by atoms with Crippen LogP contribution in [-0.2, 0) is 0 Å². The van der Waals surface area contributed by atoms with Crippen LogP contribution in [-0.4, -0.2) is 42.0 Å². The first kappa shape index (κ1) is 15.5. The van der Waals surface area contributed by atoms with E-state index in [4.69, 9.17) is 5.26 Å². The van der Waals surface area contributed by atoms with Crippen LogP contribution in [0.4, 0.5) is 5.82 Å². The lowest BCUT2D eigenvalue weighted by Gasteiger charge is -2.35. The van der Waals surface area contributed by atoms with Gasteiger partial charge in [0.25, 0.3) is 5.91 Å². The largest absolute Gasteiger partial charge is 0.353 e. The summed E-state index contributed by atoms with van der Waals surface area (Å²) in [7, 11) is 0. The van der Waals surface area contributed by atoms with Crippen molar-refractivity contribution in [3.8, 4) is 6.07 Å². The van der Waals surface area contributed by atoms with Crippen LogP contribution < -0.4 is 4.90 Å². The molecule has 0 atom stereocenters. The number of aromatic nitrogens is 1. The highest BCUT2D eigenvalue weighted by atomic mass is 79.9. The van der Waals surface area contributed by atoms with Gasteiger partial charge in [0, 0.05) is 42.4 Å². The van der Waals surface area contributed by atoms with Crippen LogP contribution in [0.5, 0.6) is 0 Å². The van der Waals surface area contributed by atoms with E-state index < -0.39 is 0 Å². The number of anilines is 1. The summed E-state index contributed by atoms with van der Waals surface area (Å²) in [6, 6.07) is 13.0. The van der Waals surface area contributed by atoms with Crippen LogP contribution in [0.15, 0.2) is 47.1 Å². The molecule has 2 heterocycles. The van der Waals surface area contributed by atoms with E-state index in [1.54, 1.807) is 18.3 Å². The van der Waals surface area contributed by atoms with Gasteiger partial charge in [0.05, 0.1) is 11.6 Å². The number of pyridine rings is 1. The van der Waals surface area contributed by atoms with Crippen molar-refractivity contribution in [2.75, 3.05) is 31.1 Å². The summed E-state index contributed by atoms with van der Waals surface area (Å²) < 4.78 is 0.960. The Labute approximate surface area is 143 Å². The molecule has 1 saturated heterocycles. The molecule has 1 aliphatic heterocycles. The molecule has 0 N–H and O–H groups in total. The van der Waals surface area contributed by atoms with Gasteiger partial charge in [-0.3, -0.25) is 4.79 Å². The number of halogens is 1. The van der Waals surface area contributed by atoms with Crippen molar-refractivity contribution in [1.82, 2.24) is 9.88 Å². The second-order valence-corrected chi connectivity index (χ2v) is 6.22. The molecule has 0 saturated carbocycles. The maximum atomic E-state index is 12.5. The highest BCUT2D eigenvalue weighted by molar-refractivity contribution is 9.10. The first-order chi connectivity index (χ1) is 11.2. The molecule has 3 rings (SSSR count). The summed E-state index contributed by atoms with van der Waals surface area (Å²) >= 11 is 3.37. The lowest BCUT2D eigenvalue weighted by molar-refractivity contribution is 0.0746. The molecule has 0 spiro atoms. The van der Waals surface area contributed by atoms with E-state index >= 15 is 0 Å². The Morgan fingerprint density at radius 1 is 1.13 bits per heavy atom. The monoisotopic (exact) mass is 370 g/mol. The first-order valence-electron chi connectivity index (χ1n) is 7.33. The van der Waals surface area contributed by atoms with E-state index in [1.807, 2.05) is 29.2 Å². The highest BCUT2D eigenvalue weighted by Gasteiger charge is 2.22. The quantitative estimate of drug-likeness (QED) is 0.815. The first-order valence-corrected chi connectivity index (χ1v) is 8.12. The molecular formula is C17H15BrN4O. The van der Waals surface area contributed by atoms with Crippen molar-refractivity contribution in [3.05, 3.63) is 58.2 Å². The summed E-state index contributed by atoms with van der Waals surface area (Å²) in [4.78, 5) is 20.8. The van der Waals surface area contributed by atoms with Crippen LogP contribution in [0.2, 0.25) is 0 Å². The van der Waals surface area contributed by atoms with Gasteiger partial charge in [-0.1, -0.05) is 15.9 Å². The predicted octanol–water partition coefficient (Wildman–Crippen LogP) is 2.68. The van der Waals surface area contributed by atoms with Crippen molar-refractivity contribution in [2.24, 2.45) is 0 Å². The van der Waals surface area contributed by atoms with Crippen molar-refractivity contribution < 1.29 is 4.79 Å². The lowest BCUT2D eigenvalue weighted by Crippen LogP contribution is -2.49. The molecular weight excluding hydrogens is 356 g/mol. The van der Waals surface area contributed by atoms with Crippen molar-refractivity contribution >= 4 is 27.7 Å². The Balaban J connectivity index is 1.65. The molecule has 2 aromatic rings. The number of carbonyl (C=O) groups is 1. The van der Waals surface area contributed by atoms with E-state index in [0.29, 0.717) is 37.3 Å². The number of amides is 1. The average Bonchev–Trinajstić information content (AvgIpc) is 2.62. The zero-order valence-corrected chi connectivity index (χ0v) is 14.0. The highest BCUT2D eigenvalue weighted by Crippen LogP contribution is 2.17. The molecule has 0 bridgehead atoms. The Hall–Kier alpha value is -2.39. The Morgan fingerprint density at radius 2 is 1.83 bits per heavy atom. The van der Waals surface area contributed by atoms with Crippen LogP contribution >= 0.6 is 15.9 Å². The number of nitriles is 1. The fourth-order valence-electron chi connectivity index (χ4n) is 2.57. The van der Waals surface area contributed by atoms with Crippen LogP contribution in [0.1, 0.15) is 15.9 Å². The van der Waals surface area contributed by atoms with Crippen molar-refractivity contribution in [2.45, 2.75) is 0 Å². The van der Waals surface area contributed by atoms with Crippen LogP contribution in [0.25, 0.3) is 0 Å². The SMILES string of the molecule is N#Cc1ccnc(N2CCN(C(=O)c3ccc(Br)cc3)CC2)c1. The third kappa shape index (κ3) is 3.51. The van der Waals surface area contributed by atoms with Gasteiger partial charge in [-0.25, -0.2) is 4.98 Å². The minimum atomic E-state index is 0.0517. The maximum Gasteiger partial charge on any atom is 0.253 e. The molecule has 6 heteroatoms. The molecule has 5 nitrogen and oxygen atoms in total. The summed E-state index contributed by atoms with van der Waals surface area (Å²) in [6.45, 7) is 2.72. The molecule has 116 valence electrons. The number of benzene rings is 1. The Morgan fingerprint density at radius 3 is 2.48 bits per heavy atom. The third-order valence-corrected chi connectivity index (χ3v) is 4.39. The summed E-state index contributed by atoms with van der Waals surface area (Å²) in [6.07, 6.45) is 1.65. The third-order valence-electron chi connectivity index (χ3n) is 3.86. The second-order valence-electron chi connectivity index (χ2n) is 5.30. The maximum absolute atomic E-state index is 12.5. The molecule has 1 aliphatic rings. The van der Waals surface area contributed by atoms with E-state index in [9.17, 15) is 4.79 Å². The summed E-state index contributed by atoms with van der Waals surface area (Å²) in [5.74, 6) is 0.843. The average molecular weight is 371 g/mol. The number of hydrogen-bond donors (Lipinski definition) is 0. The number of rotatable bonds is 2. The molecule has 1 fully saturated rings. The zero-order chi connectivity index (χ0) is 16.2. The fourth-order valence-corrected chi connectivity index (χ4v) is 2.84. The van der Waals surface area contributed by atoms with Gasteiger partial charge < -0.3 is 9.80 Å². The predicted molar refractivity (Wildman–Crippen MR) is 91.2 cm³/mol. The normalized spacial score (nSPS) is 14.4. The molecule has 23 heavy (non-hydrogen) atoms. The molecule has 0 unspecified atom stereocenters. The van der Waals surface area contributed by atoms with Gasteiger partial charge in [-0.05, 0) is 36.4 Å². The molecule has 1 aromatic heterocycles. The fraction of sp³-hybridized carbons (Fsp3) is 0.235. The standard InChI is InChI=1S/C17H15BrN4O/c18-15-3-1-14(2-4-15)17(23)22-9-7-21(8-10-22)16-11-13(12-19)5-6-20-16/h1-6,11H,7-10H2. The minimum absolute atomic E-state index is 0.0517. The number of carbonyl (C=O) groups excluding carboxylic acids is 1. The van der Waals surface area contributed by atoms with Crippen molar-refractivity contribution in [3.63, 3.8) is 0 Å². The van der Waals surface area contributed by atoms with Crippen LogP contribution in [0, 0.1) is 11.3 Å². The lowest BCUT2D eigenvalue weighted by atomic mass is 10.2. The smallest absolute Gasteiger partial charge is 0.253 e. The van der Waals surface area contributed by atoms with Crippen LogP contribution in [0.3, 0.4) is 0 Å². The van der Waals surface area contributed by atoms with Gasteiger partial charge in [-0.2, -0.15) is 5.26 Å². The van der Waals surface area contributed by atoms with E-state index in [2.05, 4.69) is 31.9 Å².